The molecule has 0 bridgehead atoms. The Balaban J connectivity index is 1.86. The summed E-state index contributed by atoms with van der Waals surface area (Å²) < 4.78 is 0. The van der Waals surface area contributed by atoms with Crippen LogP contribution in [0.1, 0.15) is 23.1 Å². The van der Waals surface area contributed by atoms with Crippen LogP contribution in [0.15, 0.2) is 48.5 Å². The van der Waals surface area contributed by atoms with Crippen molar-refractivity contribution in [3.8, 4) is 0 Å². The second kappa shape index (κ2) is 6.74. The van der Waals surface area contributed by atoms with Gasteiger partial charge in [-0.1, -0.05) is 53.6 Å². The normalized spacial score (nSPS) is 12.4. The van der Waals surface area contributed by atoms with Crippen LogP contribution in [0, 0.1) is 6.92 Å². The standard InChI is InChI=1S/C17H20ClN/c1-13-4-2-5-14(10-13)8-9-17(19)12-15-6-3-7-16(18)11-15/h2-7,10-11,17H,8-9,12,19H2,1H3. The minimum atomic E-state index is 0.180. The first-order valence-electron chi connectivity index (χ1n) is 6.69. The molecule has 0 saturated carbocycles. The van der Waals surface area contributed by atoms with Crippen LogP contribution < -0.4 is 5.73 Å². The molecular formula is C17H20ClN. The second-order valence-corrected chi connectivity index (χ2v) is 5.56. The lowest BCUT2D eigenvalue weighted by Crippen LogP contribution is -2.23. The van der Waals surface area contributed by atoms with Gasteiger partial charge in [0.15, 0.2) is 0 Å². The van der Waals surface area contributed by atoms with Gasteiger partial charge in [0.1, 0.15) is 0 Å². The van der Waals surface area contributed by atoms with Crippen molar-refractivity contribution < 1.29 is 0 Å². The van der Waals surface area contributed by atoms with Crippen molar-refractivity contribution in [2.24, 2.45) is 5.73 Å². The van der Waals surface area contributed by atoms with Crippen molar-refractivity contribution in [2.75, 3.05) is 0 Å². The van der Waals surface area contributed by atoms with Crippen molar-refractivity contribution in [2.45, 2.75) is 32.2 Å². The predicted molar refractivity (Wildman–Crippen MR) is 82.6 cm³/mol. The third kappa shape index (κ3) is 4.70. The molecule has 0 radical (unpaired) electrons. The number of hydrogen-bond acceptors (Lipinski definition) is 1. The summed E-state index contributed by atoms with van der Waals surface area (Å²) >= 11 is 5.98. The Labute approximate surface area is 120 Å². The van der Waals surface area contributed by atoms with Crippen LogP contribution in [0.3, 0.4) is 0 Å². The topological polar surface area (TPSA) is 26.0 Å². The van der Waals surface area contributed by atoms with Gasteiger partial charge in [-0.05, 0) is 49.4 Å². The fourth-order valence-electron chi connectivity index (χ4n) is 2.29. The van der Waals surface area contributed by atoms with E-state index < -0.39 is 0 Å². The zero-order valence-corrected chi connectivity index (χ0v) is 12.0. The van der Waals surface area contributed by atoms with E-state index in [1.165, 1.54) is 16.7 Å². The van der Waals surface area contributed by atoms with Crippen LogP contribution in [-0.2, 0) is 12.8 Å². The number of hydrogen-bond donors (Lipinski definition) is 1. The quantitative estimate of drug-likeness (QED) is 0.870. The van der Waals surface area contributed by atoms with Crippen molar-refractivity contribution >= 4 is 11.6 Å². The molecule has 0 amide bonds. The SMILES string of the molecule is Cc1cccc(CCC(N)Cc2cccc(Cl)c2)c1. The van der Waals surface area contributed by atoms with Gasteiger partial charge in [-0.2, -0.15) is 0 Å². The highest BCUT2D eigenvalue weighted by Crippen LogP contribution is 2.14. The van der Waals surface area contributed by atoms with Crippen molar-refractivity contribution in [3.63, 3.8) is 0 Å². The van der Waals surface area contributed by atoms with Gasteiger partial charge in [0.2, 0.25) is 0 Å². The highest BCUT2D eigenvalue weighted by Gasteiger charge is 2.05. The van der Waals surface area contributed by atoms with Gasteiger partial charge in [-0.25, -0.2) is 0 Å². The van der Waals surface area contributed by atoms with E-state index in [1.807, 2.05) is 18.2 Å². The van der Waals surface area contributed by atoms with Crippen molar-refractivity contribution in [1.82, 2.24) is 0 Å². The van der Waals surface area contributed by atoms with Gasteiger partial charge in [0.05, 0.1) is 0 Å². The van der Waals surface area contributed by atoms with E-state index >= 15 is 0 Å². The monoisotopic (exact) mass is 273 g/mol. The first-order valence-corrected chi connectivity index (χ1v) is 7.07. The first-order chi connectivity index (χ1) is 9.13. The lowest BCUT2D eigenvalue weighted by molar-refractivity contribution is 0.610. The van der Waals surface area contributed by atoms with Crippen LogP contribution in [0.2, 0.25) is 5.02 Å². The lowest BCUT2D eigenvalue weighted by atomic mass is 9.99. The molecule has 2 heteroatoms. The molecule has 2 aromatic carbocycles. The molecule has 0 aliphatic carbocycles. The molecule has 0 aromatic heterocycles. The molecule has 0 aliphatic heterocycles. The molecule has 2 rings (SSSR count). The number of nitrogens with two attached hydrogens (primary N) is 1. The summed E-state index contributed by atoms with van der Waals surface area (Å²) in [5.41, 5.74) is 10.1. The Hall–Kier alpha value is -1.31. The molecule has 2 N–H and O–H groups in total. The third-order valence-electron chi connectivity index (χ3n) is 3.27. The van der Waals surface area contributed by atoms with Gasteiger partial charge in [0.25, 0.3) is 0 Å². The van der Waals surface area contributed by atoms with E-state index in [4.69, 9.17) is 17.3 Å². The van der Waals surface area contributed by atoms with Crippen LogP contribution >= 0.6 is 11.6 Å². The van der Waals surface area contributed by atoms with Gasteiger partial charge >= 0.3 is 0 Å². The minimum absolute atomic E-state index is 0.180. The molecule has 1 nitrogen and oxygen atoms in total. The average molecular weight is 274 g/mol. The average Bonchev–Trinajstić information content (AvgIpc) is 2.36. The summed E-state index contributed by atoms with van der Waals surface area (Å²) in [6, 6.07) is 16.7. The van der Waals surface area contributed by atoms with Crippen molar-refractivity contribution in [1.29, 1.82) is 0 Å². The van der Waals surface area contributed by atoms with Gasteiger partial charge in [-0.15, -0.1) is 0 Å². The molecule has 100 valence electrons. The lowest BCUT2D eigenvalue weighted by Gasteiger charge is -2.12. The van der Waals surface area contributed by atoms with Crippen LogP contribution in [0.4, 0.5) is 0 Å². The van der Waals surface area contributed by atoms with Gasteiger partial charge in [0, 0.05) is 11.1 Å². The molecule has 1 unspecified atom stereocenters. The number of rotatable bonds is 5. The molecule has 19 heavy (non-hydrogen) atoms. The maximum absolute atomic E-state index is 6.20. The maximum Gasteiger partial charge on any atom is 0.0408 e. The van der Waals surface area contributed by atoms with Gasteiger partial charge in [-0.3, -0.25) is 0 Å². The van der Waals surface area contributed by atoms with E-state index in [0.29, 0.717) is 0 Å². The number of benzene rings is 2. The summed E-state index contributed by atoms with van der Waals surface area (Å²) in [7, 11) is 0. The summed E-state index contributed by atoms with van der Waals surface area (Å²) in [5, 5.41) is 0.781. The fraction of sp³-hybridized carbons (Fsp3) is 0.294. The molecule has 0 heterocycles. The molecular weight excluding hydrogens is 254 g/mol. The zero-order valence-electron chi connectivity index (χ0n) is 11.3. The number of halogens is 1. The van der Waals surface area contributed by atoms with Gasteiger partial charge < -0.3 is 5.73 Å². The largest absolute Gasteiger partial charge is 0.327 e. The molecule has 1 atom stereocenters. The smallest absolute Gasteiger partial charge is 0.0408 e. The van der Waals surface area contributed by atoms with E-state index in [1.54, 1.807) is 0 Å². The first kappa shape index (κ1) is 14.1. The second-order valence-electron chi connectivity index (χ2n) is 5.12. The van der Waals surface area contributed by atoms with Crippen LogP contribution in [-0.4, -0.2) is 6.04 Å². The number of aryl methyl sites for hydroxylation is 2. The highest BCUT2D eigenvalue weighted by atomic mass is 35.5. The summed E-state index contributed by atoms with van der Waals surface area (Å²) in [4.78, 5) is 0. The Morgan fingerprint density at radius 1 is 1.05 bits per heavy atom. The van der Waals surface area contributed by atoms with Crippen molar-refractivity contribution in [3.05, 3.63) is 70.2 Å². The zero-order chi connectivity index (χ0) is 13.7. The Kier molecular flexibility index (Phi) is 5.00. The van der Waals surface area contributed by atoms with Crippen LogP contribution in [0.25, 0.3) is 0 Å². The van der Waals surface area contributed by atoms with Crippen LogP contribution in [0.5, 0.6) is 0 Å². The maximum atomic E-state index is 6.20. The van der Waals surface area contributed by atoms with E-state index in [9.17, 15) is 0 Å². The molecule has 0 saturated heterocycles. The van der Waals surface area contributed by atoms with E-state index in [-0.39, 0.29) is 6.04 Å². The summed E-state index contributed by atoms with van der Waals surface area (Å²) in [6.07, 6.45) is 2.91. The third-order valence-corrected chi connectivity index (χ3v) is 3.51. The summed E-state index contributed by atoms with van der Waals surface area (Å²) in [6.45, 7) is 2.12. The molecule has 0 fully saturated rings. The Bertz CT molecular complexity index is 536. The predicted octanol–water partition coefficient (Wildman–Crippen LogP) is 4.15. The molecule has 2 aromatic rings. The molecule has 0 aliphatic rings. The summed E-state index contributed by atoms with van der Waals surface area (Å²) in [5.74, 6) is 0. The minimum Gasteiger partial charge on any atom is -0.327 e. The van der Waals surface area contributed by atoms with E-state index in [2.05, 4.69) is 37.3 Å². The van der Waals surface area contributed by atoms with E-state index in [0.717, 1.165) is 24.3 Å². The Morgan fingerprint density at radius 3 is 2.53 bits per heavy atom. The highest BCUT2D eigenvalue weighted by molar-refractivity contribution is 6.30. The Morgan fingerprint density at radius 2 is 1.79 bits per heavy atom. The fourth-order valence-corrected chi connectivity index (χ4v) is 2.50. The molecule has 0 spiro atoms.